The summed E-state index contributed by atoms with van der Waals surface area (Å²) in [5.74, 6) is -0.590. The van der Waals surface area contributed by atoms with Gasteiger partial charge >= 0.3 is 92.8 Å². The van der Waals surface area contributed by atoms with Crippen LogP contribution in [0.15, 0.2) is 24.3 Å². The van der Waals surface area contributed by atoms with Gasteiger partial charge in [-0.05, 0) is 0 Å². The van der Waals surface area contributed by atoms with Crippen LogP contribution in [-0.4, -0.2) is 5.97 Å². The Bertz CT molecular complexity index is 408. The molecular formula is C9H7F2IO3. The van der Waals surface area contributed by atoms with E-state index < -0.39 is 32.7 Å². The van der Waals surface area contributed by atoms with Gasteiger partial charge in [0.05, 0.1) is 0 Å². The first-order valence-corrected chi connectivity index (χ1v) is 6.91. The molecule has 1 aliphatic heterocycles. The fraction of sp³-hybridized carbons (Fsp3) is 0.222. The molecule has 15 heavy (non-hydrogen) atoms. The first kappa shape index (κ1) is 10.7. The monoisotopic (exact) mass is 328 g/mol. The van der Waals surface area contributed by atoms with Gasteiger partial charge in [0.15, 0.2) is 0 Å². The van der Waals surface area contributed by atoms with Gasteiger partial charge in [-0.3, -0.25) is 0 Å². The second kappa shape index (κ2) is 3.67. The summed E-state index contributed by atoms with van der Waals surface area (Å²) in [5.41, 5.74) is -0.184. The summed E-state index contributed by atoms with van der Waals surface area (Å²) in [7, 11) is 0. The summed E-state index contributed by atoms with van der Waals surface area (Å²) in [6.45, 7) is 1.18. The van der Waals surface area contributed by atoms with Crippen molar-refractivity contribution in [2.45, 2.75) is 13.0 Å². The maximum absolute atomic E-state index is 13.3. The van der Waals surface area contributed by atoms with Gasteiger partial charge in [0.1, 0.15) is 0 Å². The molecule has 0 fully saturated rings. The predicted octanol–water partition coefficient (Wildman–Crippen LogP) is 2.84. The molecule has 0 saturated heterocycles. The Kier molecular flexibility index (Phi) is 2.63. The molecule has 0 radical (unpaired) electrons. The van der Waals surface area contributed by atoms with E-state index >= 15 is 0 Å². The third-order valence-corrected chi connectivity index (χ3v) is 5.56. The van der Waals surface area contributed by atoms with E-state index in [9.17, 15) is 13.6 Å². The van der Waals surface area contributed by atoms with Crippen LogP contribution in [0, 0.1) is 3.57 Å². The van der Waals surface area contributed by atoms with Crippen LogP contribution in [0.4, 0.5) is 8.78 Å². The molecule has 0 unspecified atom stereocenters. The molecule has 6 heteroatoms. The quantitative estimate of drug-likeness (QED) is 0.744. The van der Waals surface area contributed by atoms with Crippen molar-refractivity contribution in [3.63, 3.8) is 0 Å². The fourth-order valence-corrected chi connectivity index (χ4v) is 4.50. The molecule has 1 aromatic rings. The van der Waals surface area contributed by atoms with Gasteiger partial charge in [-0.1, -0.05) is 0 Å². The average molecular weight is 328 g/mol. The zero-order valence-electron chi connectivity index (χ0n) is 7.67. The summed E-state index contributed by atoms with van der Waals surface area (Å²) in [5, 5.41) is 0. The number of halogens is 3. The van der Waals surface area contributed by atoms with Crippen LogP contribution in [0.1, 0.15) is 12.5 Å². The van der Waals surface area contributed by atoms with Crippen molar-refractivity contribution in [1.82, 2.24) is 0 Å². The second-order valence-corrected chi connectivity index (χ2v) is 6.14. The maximum atomic E-state index is 13.3. The zero-order valence-corrected chi connectivity index (χ0v) is 9.83. The molecule has 0 aliphatic carbocycles. The number of alkyl halides is 2. The first-order chi connectivity index (χ1) is 7.00. The number of fused-ring (bicyclic) bond motifs is 1. The van der Waals surface area contributed by atoms with Gasteiger partial charge in [0.25, 0.3) is 0 Å². The molecule has 3 nitrogen and oxygen atoms in total. The van der Waals surface area contributed by atoms with E-state index in [2.05, 4.69) is 3.07 Å². The second-order valence-electron chi connectivity index (χ2n) is 2.86. The minimum absolute atomic E-state index is 0.184. The molecule has 0 bridgehead atoms. The van der Waals surface area contributed by atoms with Crippen molar-refractivity contribution in [2.24, 2.45) is 0 Å². The number of benzene rings is 1. The Morgan fingerprint density at radius 1 is 1.47 bits per heavy atom. The van der Waals surface area contributed by atoms with E-state index in [1.54, 1.807) is 6.07 Å². The van der Waals surface area contributed by atoms with Gasteiger partial charge < -0.3 is 0 Å². The molecule has 82 valence electrons. The van der Waals surface area contributed by atoms with Crippen LogP contribution in [0.5, 0.6) is 0 Å². The van der Waals surface area contributed by atoms with E-state index in [0.717, 1.165) is 0 Å². The van der Waals surface area contributed by atoms with Crippen LogP contribution in [0.2, 0.25) is 0 Å². The van der Waals surface area contributed by atoms with E-state index in [-0.39, 0.29) is 5.56 Å². The van der Waals surface area contributed by atoms with E-state index in [4.69, 9.17) is 3.07 Å². The number of carbonyl (C=O) groups is 1. The summed E-state index contributed by atoms with van der Waals surface area (Å²) in [4.78, 5) is 10.7. The molecule has 0 amide bonds. The predicted molar refractivity (Wildman–Crippen MR) is 55.9 cm³/mol. The normalized spacial score (nSPS) is 19.8. The third-order valence-electron chi connectivity index (χ3n) is 1.70. The van der Waals surface area contributed by atoms with Crippen LogP contribution in [0.3, 0.4) is 0 Å². The zero-order chi connectivity index (χ0) is 11.1. The number of carbonyl (C=O) groups excluding carboxylic acids is 1. The van der Waals surface area contributed by atoms with Crippen molar-refractivity contribution in [3.8, 4) is 0 Å². The van der Waals surface area contributed by atoms with Crippen molar-refractivity contribution >= 4 is 26.6 Å². The van der Waals surface area contributed by atoms with Gasteiger partial charge in [-0.2, -0.15) is 0 Å². The number of rotatable bonds is 1. The first-order valence-electron chi connectivity index (χ1n) is 4.07. The molecule has 0 saturated carbocycles. The Morgan fingerprint density at radius 3 is 2.80 bits per heavy atom. The molecule has 2 rings (SSSR count). The van der Waals surface area contributed by atoms with Crippen molar-refractivity contribution < 1.29 is 19.7 Å². The molecule has 0 N–H and O–H groups in total. The fourth-order valence-electron chi connectivity index (χ4n) is 1.16. The van der Waals surface area contributed by atoms with Crippen molar-refractivity contribution in [2.75, 3.05) is 0 Å². The van der Waals surface area contributed by atoms with Crippen LogP contribution < -0.4 is 0 Å². The molecule has 0 spiro atoms. The van der Waals surface area contributed by atoms with E-state index in [1.165, 1.54) is 25.1 Å². The van der Waals surface area contributed by atoms with Gasteiger partial charge in [-0.25, -0.2) is 0 Å². The molecule has 0 aromatic heterocycles. The van der Waals surface area contributed by atoms with Crippen LogP contribution >= 0.6 is 20.6 Å². The van der Waals surface area contributed by atoms with Crippen LogP contribution in [-0.2, 0) is 17.0 Å². The Balaban J connectivity index is 2.38. The summed E-state index contributed by atoms with van der Waals surface area (Å²) >= 11 is -2.95. The van der Waals surface area contributed by atoms with Gasteiger partial charge in [-0.15, -0.1) is 0 Å². The minimum atomic E-state index is -3.32. The molecule has 1 aliphatic rings. The summed E-state index contributed by atoms with van der Waals surface area (Å²) in [6.07, 6.45) is -3.32. The van der Waals surface area contributed by atoms with Gasteiger partial charge in [0, 0.05) is 0 Å². The van der Waals surface area contributed by atoms with Crippen LogP contribution in [0.25, 0.3) is 0 Å². The van der Waals surface area contributed by atoms with Gasteiger partial charge in [0.2, 0.25) is 0 Å². The standard InChI is InChI=1S/C9H7F2IO3/c1-6(13)14-12-8-5-3-2-4-7(8)9(10,11)15-12/h2-5H,1H3. The number of hydrogen-bond donors (Lipinski definition) is 0. The number of hydrogen-bond acceptors (Lipinski definition) is 3. The Hall–Kier alpha value is -0.760. The topological polar surface area (TPSA) is 35.5 Å². The van der Waals surface area contributed by atoms with E-state index in [0.29, 0.717) is 3.57 Å². The third kappa shape index (κ3) is 1.96. The van der Waals surface area contributed by atoms with Crippen molar-refractivity contribution in [3.05, 3.63) is 33.4 Å². The van der Waals surface area contributed by atoms with Crippen molar-refractivity contribution in [1.29, 1.82) is 0 Å². The molecular weight excluding hydrogens is 321 g/mol. The molecule has 0 atom stereocenters. The molecule has 1 heterocycles. The Labute approximate surface area is 92.9 Å². The Morgan fingerprint density at radius 2 is 2.13 bits per heavy atom. The average Bonchev–Trinajstić information content (AvgIpc) is 2.39. The summed E-state index contributed by atoms with van der Waals surface area (Å²) < 4.78 is 36.2. The summed E-state index contributed by atoms with van der Waals surface area (Å²) in [6, 6.07) is 5.93. The van der Waals surface area contributed by atoms with E-state index in [1.807, 2.05) is 0 Å². The molecule has 1 aromatic carbocycles. The SMILES string of the molecule is CC(=O)OI1OC(F)(F)c2ccccc21.